The maximum absolute atomic E-state index is 10.2. The average molecular weight is 249 g/mol. The van der Waals surface area contributed by atoms with E-state index in [1.54, 1.807) is 6.07 Å². The fourth-order valence-corrected chi connectivity index (χ4v) is 2.02. The Morgan fingerprint density at radius 1 is 1.50 bits per heavy atom. The topological polar surface area (TPSA) is 52.3 Å². The van der Waals surface area contributed by atoms with Crippen molar-refractivity contribution in [1.82, 2.24) is 5.16 Å². The van der Waals surface area contributed by atoms with Crippen molar-refractivity contribution in [2.24, 2.45) is 5.92 Å². The van der Waals surface area contributed by atoms with Crippen molar-refractivity contribution in [3.63, 3.8) is 0 Å². The number of carbonyl (C=O) groups is 1. The van der Waals surface area contributed by atoms with Crippen LogP contribution in [-0.4, -0.2) is 18.0 Å². The Balaban J connectivity index is 2.10. The van der Waals surface area contributed by atoms with Gasteiger partial charge in [-0.05, 0) is 30.3 Å². The molecule has 0 bridgehead atoms. The Kier molecular flexibility index (Phi) is 4.18. The van der Waals surface area contributed by atoms with Gasteiger partial charge in [-0.15, -0.1) is 0 Å². The Hall–Kier alpha value is -1.58. The number of aldehydes is 1. The van der Waals surface area contributed by atoms with Gasteiger partial charge in [0.05, 0.1) is 0 Å². The van der Waals surface area contributed by atoms with Crippen LogP contribution < -0.4 is 4.74 Å². The van der Waals surface area contributed by atoms with Crippen LogP contribution in [0.5, 0.6) is 5.88 Å². The second-order valence-corrected chi connectivity index (χ2v) is 4.99. The summed E-state index contributed by atoms with van der Waals surface area (Å²) in [6.07, 6.45) is 6.68. The number of nitrogens with zero attached hydrogens (tertiary/aromatic N) is 1. The van der Waals surface area contributed by atoms with Crippen LogP contribution in [0.3, 0.4) is 0 Å². The summed E-state index contributed by atoms with van der Waals surface area (Å²) in [4.78, 5) is 10.2. The van der Waals surface area contributed by atoms with Gasteiger partial charge in [-0.3, -0.25) is 4.79 Å². The van der Waals surface area contributed by atoms with E-state index in [4.69, 9.17) is 9.26 Å². The van der Waals surface area contributed by atoms with Crippen molar-refractivity contribution in [2.75, 3.05) is 6.61 Å². The molecule has 1 fully saturated rings. The average Bonchev–Trinajstić information content (AvgIpc) is 2.72. The molecule has 0 aliphatic heterocycles. The van der Waals surface area contributed by atoms with Crippen molar-refractivity contribution >= 4 is 6.29 Å². The summed E-state index contributed by atoms with van der Waals surface area (Å²) in [7, 11) is 0. The maximum atomic E-state index is 10.2. The molecule has 0 amide bonds. The molecule has 1 aromatic heterocycles. The lowest BCUT2D eigenvalue weighted by Crippen LogP contribution is -2.07. The molecular formula is C14H19NO3. The van der Waals surface area contributed by atoms with Gasteiger partial charge in [0.15, 0.2) is 6.29 Å². The molecule has 1 unspecified atom stereocenters. The molecule has 1 aliphatic carbocycles. The SMILES string of the molecule is CC(C)C(C=C1CCC1)c1cc(OCC=O)no1. The quantitative estimate of drug-likeness (QED) is 0.574. The standard InChI is InChI=1S/C14H19NO3/c1-10(2)12(8-11-4-3-5-11)13-9-14(15-18-13)17-7-6-16/h6,8-10,12H,3-5,7H2,1-2H3. The predicted octanol–water partition coefficient (Wildman–Crippen LogP) is 3.10. The third-order valence-corrected chi connectivity index (χ3v) is 3.26. The Labute approximate surface area is 107 Å². The molecule has 1 atom stereocenters. The van der Waals surface area contributed by atoms with Crippen molar-refractivity contribution in [1.29, 1.82) is 0 Å². The molecule has 18 heavy (non-hydrogen) atoms. The third-order valence-electron chi connectivity index (χ3n) is 3.26. The fourth-order valence-electron chi connectivity index (χ4n) is 2.02. The summed E-state index contributed by atoms with van der Waals surface area (Å²) < 4.78 is 10.4. The van der Waals surface area contributed by atoms with E-state index in [0.717, 1.165) is 5.76 Å². The molecule has 0 spiro atoms. The summed E-state index contributed by atoms with van der Waals surface area (Å²) in [6, 6.07) is 1.78. The second-order valence-electron chi connectivity index (χ2n) is 4.99. The normalized spacial score (nSPS) is 16.3. The van der Waals surface area contributed by atoms with Crippen LogP contribution in [0.4, 0.5) is 0 Å². The number of hydrogen-bond acceptors (Lipinski definition) is 4. The Morgan fingerprint density at radius 3 is 2.83 bits per heavy atom. The molecule has 2 rings (SSSR count). The largest absolute Gasteiger partial charge is 0.468 e. The molecule has 0 radical (unpaired) electrons. The van der Waals surface area contributed by atoms with Gasteiger partial charge in [-0.25, -0.2) is 0 Å². The van der Waals surface area contributed by atoms with E-state index >= 15 is 0 Å². The van der Waals surface area contributed by atoms with Gasteiger partial charge in [-0.2, -0.15) is 0 Å². The second kappa shape index (κ2) is 5.85. The number of hydrogen-bond donors (Lipinski definition) is 0. The number of ether oxygens (including phenoxy) is 1. The number of rotatable bonds is 6. The van der Waals surface area contributed by atoms with Crippen LogP contribution in [0, 0.1) is 5.92 Å². The predicted molar refractivity (Wildman–Crippen MR) is 67.6 cm³/mol. The van der Waals surface area contributed by atoms with E-state index in [0.29, 0.717) is 18.1 Å². The molecule has 0 N–H and O–H groups in total. The first kappa shape index (κ1) is 12.9. The zero-order chi connectivity index (χ0) is 13.0. The molecular weight excluding hydrogens is 230 g/mol. The van der Waals surface area contributed by atoms with E-state index in [1.807, 2.05) is 0 Å². The van der Waals surface area contributed by atoms with Crippen LogP contribution in [0.2, 0.25) is 0 Å². The van der Waals surface area contributed by atoms with E-state index in [-0.39, 0.29) is 12.5 Å². The third kappa shape index (κ3) is 3.00. The molecule has 98 valence electrons. The lowest BCUT2D eigenvalue weighted by atomic mass is 9.84. The van der Waals surface area contributed by atoms with E-state index in [9.17, 15) is 4.79 Å². The van der Waals surface area contributed by atoms with Gasteiger partial charge in [0, 0.05) is 12.0 Å². The van der Waals surface area contributed by atoms with Crippen LogP contribution in [0.15, 0.2) is 22.2 Å². The smallest absolute Gasteiger partial charge is 0.254 e. The molecule has 4 nitrogen and oxygen atoms in total. The number of aromatic nitrogens is 1. The Morgan fingerprint density at radius 2 is 2.28 bits per heavy atom. The number of allylic oxidation sites excluding steroid dienone is 2. The monoisotopic (exact) mass is 249 g/mol. The molecule has 0 saturated heterocycles. The molecule has 0 aromatic carbocycles. The van der Waals surface area contributed by atoms with Crippen LogP contribution in [-0.2, 0) is 4.79 Å². The first-order valence-electron chi connectivity index (χ1n) is 6.43. The van der Waals surface area contributed by atoms with E-state index in [1.165, 1.54) is 24.8 Å². The summed E-state index contributed by atoms with van der Waals surface area (Å²) in [5.41, 5.74) is 1.50. The highest BCUT2D eigenvalue weighted by Crippen LogP contribution is 2.34. The minimum absolute atomic E-state index is 0.0133. The van der Waals surface area contributed by atoms with Crippen molar-refractivity contribution < 1.29 is 14.1 Å². The highest BCUT2D eigenvalue weighted by molar-refractivity contribution is 5.51. The molecule has 4 heteroatoms. The lowest BCUT2D eigenvalue weighted by molar-refractivity contribution is -0.109. The van der Waals surface area contributed by atoms with E-state index < -0.39 is 0 Å². The maximum Gasteiger partial charge on any atom is 0.254 e. The van der Waals surface area contributed by atoms with Crippen molar-refractivity contribution in [2.45, 2.75) is 39.0 Å². The zero-order valence-electron chi connectivity index (χ0n) is 10.9. The van der Waals surface area contributed by atoms with Gasteiger partial charge in [0.2, 0.25) is 0 Å². The van der Waals surface area contributed by atoms with Crippen molar-refractivity contribution in [3.8, 4) is 5.88 Å². The van der Waals surface area contributed by atoms with Gasteiger partial charge in [0.1, 0.15) is 12.4 Å². The Bertz CT molecular complexity index is 428. The van der Waals surface area contributed by atoms with Gasteiger partial charge < -0.3 is 9.26 Å². The highest BCUT2D eigenvalue weighted by atomic mass is 16.5. The van der Waals surface area contributed by atoms with Crippen LogP contribution >= 0.6 is 0 Å². The van der Waals surface area contributed by atoms with Crippen LogP contribution in [0.25, 0.3) is 0 Å². The van der Waals surface area contributed by atoms with Crippen molar-refractivity contribution in [3.05, 3.63) is 23.5 Å². The summed E-state index contributed by atoms with van der Waals surface area (Å²) in [6.45, 7) is 4.34. The minimum Gasteiger partial charge on any atom is -0.468 e. The first-order valence-corrected chi connectivity index (χ1v) is 6.43. The summed E-state index contributed by atoms with van der Waals surface area (Å²) in [5, 5.41) is 3.82. The van der Waals surface area contributed by atoms with E-state index in [2.05, 4.69) is 25.1 Å². The molecule has 1 aliphatic rings. The minimum atomic E-state index is 0.0133. The van der Waals surface area contributed by atoms with Crippen LogP contribution in [0.1, 0.15) is 44.8 Å². The summed E-state index contributed by atoms with van der Waals surface area (Å²) >= 11 is 0. The summed E-state index contributed by atoms with van der Waals surface area (Å²) in [5.74, 6) is 1.88. The fraction of sp³-hybridized carbons (Fsp3) is 0.571. The molecule has 1 saturated carbocycles. The van der Waals surface area contributed by atoms with Gasteiger partial charge >= 0.3 is 0 Å². The number of carbonyl (C=O) groups excluding carboxylic acids is 1. The molecule has 1 heterocycles. The van der Waals surface area contributed by atoms with Gasteiger partial charge in [0.25, 0.3) is 5.88 Å². The first-order chi connectivity index (χ1) is 8.70. The highest BCUT2D eigenvalue weighted by Gasteiger charge is 2.21. The zero-order valence-corrected chi connectivity index (χ0v) is 10.9. The lowest BCUT2D eigenvalue weighted by Gasteiger charge is -2.21. The molecule has 1 aromatic rings. The van der Waals surface area contributed by atoms with Gasteiger partial charge in [-0.1, -0.05) is 25.5 Å².